The van der Waals surface area contributed by atoms with Crippen molar-refractivity contribution in [3.05, 3.63) is 65.7 Å². The lowest BCUT2D eigenvalue weighted by molar-refractivity contribution is -0.435. The summed E-state index contributed by atoms with van der Waals surface area (Å²) in [5.74, 6) is -0.692. The molecule has 0 heterocycles. The first-order valence-electron chi connectivity index (χ1n) is 5.31. The second-order valence-corrected chi connectivity index (χ2v) is 3.68. The van der Waals surface area contributed by atoms with Crippen molar-refractivity contribution in [3.8, 4) is 0 Å². The minimum absolute atomic E-state index is 0.333. The predicted octanol–water partition coefficient (Wildman–Crippen LogP) is 3.34. The first-order chi connectivity index (χ1) is 8.65. The van der Waals surface area contributed by atoms with Gasteiger partial charge in [0.25, 0.3) is 0 Å². The predicted molar refractivity (Wildman–Crippen MR) is 67.4 cm³/mol. The van der Waals surface area contributed by atoms with Crippen LogP contribution in [0.25, 0.3) is 0 Å². The highest BCUT2D eigenvalue weighted by Crippen LogP contribution is 2.12. The monoisotopic (exact) mass is 245 g/mol. The summed E-state index contributed by atoms with van der Waals surface area (Å²) < 4.78 is 27.2. The highest BCUT2D eigenvalue weighted by Gasteiger charge is 2.05. The van der Waals surface area contributed by atoms with Crippen molar-refractivity contribution in [3.63, 3.8) is 0 Å². The van der Waals surface area contributed by atoms with E-state index in [4.69, 9.17) is 0 Å². The van der Waals surface area contributed by atoms with Gasteiger partial charge in [-0.2, -0.15) is 0 Å². The van der Waals surface area contributed by atoms with Gasteiger partial charge in [0.05, 0.1) is 0 Å². The topological polar surface area (TPSA) is 15.4 Å². The Kier molecular flexibility index (Phi) is 3.57. The van der Waals surface area contributed by atoms with Gasteiger partial charge in [-0.3, -0.25) is 0 Å². The number of halogens is 2. The van der Waals surface area contributed by atoms with Crippen molar-refractivity contribution in [2.24, 2.45) is 5.10 Å². The lowest BCUT2D eigenvalue weighted by Gasteiger charge is -1.93. The zero-order valence-electron chi connectivity index (χ0n) is 9.55. The van der Waals surface area contributed by atoms with E-state index in [1.807, 2.05) is 0 Å². The molecule has 0 N–H and O–H groups in total. The SMILES string of the molecule is C=[N+](N=Cc1cccc(F)c1)c1cccc(F)c1. The number of hydrazone groups is 1. The molecule has 0 aliphatic carbocycles. The van der Waals surface area contributed by atoms with Gasteiger partial charge in [0.2, 0.25) is 5.69 Å². The standard InChI is InChI=1S/C14H11F2N2/c1-18(14-7-3-6-13(16)9-14)17-10-11-4-2-5-12(15)8-11/h2-10H,1H2/q+1. The van der Waals surface area contributed by atoms with Crippen LogP contribution >= 0.6 is 0 Å². The Morgan fingerprint density at radius 2 is 1.67 bits per heavy atom. The minimum Gasteiger partial charge on any atom is -0.207 e. The summed E-state index contributed by atoms with van der Waals surface area (Å²) >= 11 is 0. The van der Waals surface area contributed by atoms with Crippen LogP contribution in [0.15, 0.2) is 53.6 Å². The Bertz CT molecular complexity index is 606. The van der Waals surface area contributed by atoms with E-state index in [0.717, 1.165) is 0 Å². The van der Waals surface area contributed by atoms with E-state index < -0.39 is 0 Å². The van der Waals surface area contributed by atoms with Crippen LogP contribution in [-0.2, 0) is 0 Å². The largest absolute Gasteiger partial charge is 0.240 e. The van der Waals surface area contributed by atoms with Crippen LogP contribution in [0.5, 0.6) is 0 Å². The minimum atomic E-state index is -0.359. The maximum atomic E-state index is 13.0. The zero-order chi connectivity index (χ0) is 13.0. The number of rotatable bonds is 3. The molecule has 0 amide bonds. The molecule has 0 radical (unpaired) electrons. The normalized spacial score (nSPS) is 10.8. The van der Waals surface area contributed by atoms with Gasteiger partial charge in [-0.1, -0.05) is 22.9 Å². The summed E-state index contributed by atoms with van der Waals surface area (Å²) in [7, 11) is 0. The molecule has 0 saturated carbocycles. The van der Waals surface area contributed by atoms with Gasteiger partial charge in [0, 0.05) is 17.7 Å². The van der Waals surface area contributed by atoms with Crippen molar-refractivity contribution in [1.82, 2.24) is 0 Å². The van der Waals surface area contributed by atoms with Gasteiger partial charge in [-0.15, -0.1) is 0 Å². The molecular weight excluding hydrogens is 234 g/mol. The van der Waals surface area contributed by atoms with E-state index in [0.29, 0.717) is 11.3 Å². The molecule has 2 rings (SSSR count). The molecule has 2 aromatic rings. The first-order valence-corrected chi connectivity index (χ1v) is 5.31. The van der Waals surface area contributed by atoms with E-state index in [2.05, 4.69) is 11.8 Å². The number of benzene rings is 2. The lowest BCUT2D eigenvalue weighted by Crippen LogP contribution is -1.95. The van der Waals surface area contributed by atoms with Gasteiger partial charge in [0.1, 0.15) is 17.8 Å². The van der Waals surface area contributed by atoms with Crippen LogP contribution in [0.1, 0.15) is 5.56 Å². The van der Waals surface area contributed by atoms with Gasteiger partial charge in [-0.25, -0.2) is 8.78 Å². The summed E-state index contributed by atoms with van der Waals surface area (Å²) in [6.07, 6.45) is 1.46. The molecule has 0 saturated heterocycles. The van der Waals surface area contributed by atoms with Crippen LogP contribution in [-0.4, -0.2) is 17.6 Å². The maximum absolute atomic E-state index is 13.0. The molecule has 0 aromatic heterocycles. The summed E-state index contributed by atoms with van der Waals surface area (Å²) in [6, 6.07) is 11.9. The Morgan fingerprint density at radius 1 is 1.00 bits per heavy atom. The molecular formula is C14H11F2N2+. The zero-order valence-corrected chi connectivity index (χ0v) is 9.55. The Hall–Kier alpha value is -2.36. The average molecular weight is 245 g/mol. The number of nitrogens with zero attached hydrogens (tertiary/aromatic N) is 2. The van der Waals surface area contributed by atoms with Crippen LogP contribution in [0.2, 0.25) is 0 Å². The van der Waals surface area contributed by atoms with E-state index in [9.17, 15) is 8.78 Å². The summed E-state index contributed by atoms with van der Waals surface area (Å²) in [4.78, 5) is 0. The molecule has 2 nitrogen and oxygen atoms in total. The van der Waals surface area contributed by atoms with Crippen molar-refractivity contribution < 1.29 is 13.5 Å². The fourth-order valence-electron chi connectivity index (χ4n) is 1.43. The van der Waals surface area contributed by atoms with Crippen LogP contribution in [0.3, 0.4) is 0 Å². The van der Waals surface area contributed by atoms with E-state index in [1.54, 1.807) is 24.3 Å². The fraction of sp³-hybridized carbons (Fsp3) is 0. The van der Waals surface area contributed by atoms with Crippen molar-refractivity contribution >= 4 is 18.6 Å². The van der Waals surface area contributed by atoms with Gasteiger partial charge in [0.15, 0.2) is 6.72 Å². The molecule has 0 unspecified atom stereocenters. The third-order valence-corrected chi connectivity index (χ3v) is 2.30. The molecule has 0 aliphatic rings. The molecule has 18 heavy (non-hydrogen) atoms. The molecule has 90 valence electrons. The Morgan fingerprint density at radius 3 is 2.33 bits per heavy atom. The van der Waals surface area contributed by atoms with Crippen LogP contribution in [0.4, 0.5) is 14.5 Å². The lowest BCUT2D eigenvalue weighted by atomic mass is 10.2. The van der Waals surface area contributed by atoms with Crippen molar-refractivity contribution in [2.75, 3.05) is 0 Å². The highest BCUT2D eigenvalue weighted by atomic mass is 19.1. The van der Waals surface area contributed by atoms with E-state index >= 15 is 0 Å². The molecule has 0 bridgehead atoms. The maximum Gasteiger partial charge on any atom is 0.240 e. The fourth-order valence-corrected chi connectivity index (χ4v) is 1.43. The summed E-state index contributed by atoms with van der Waals surface area (Å²) in [6.45, 7) is 3.66. The third kappa shape index (κ3) is 3.07. The van der Waals surface area contributed by atoms with Crippen molar-refractivity contribution in [1.29, 1.82) is 0 Å². The van der Waals surface area contributed by atoms with E-state index in [-0.39, 0.29) is 11.6 Å². The smallest absolute Gasteiger partial charge is 0.207 e. The quantitative estimate of drug-likeness (QED) is 0.448. The van der Waals surface area contributed by atoms with Gasteiger partial charge >= 0.3 is 0 Å². The first kappa shape index (κ1) is 12.1. The van der Waals surface area contributed by atoms with Crippen LogP contribution < -0.4 is 0 Å². The molecule has 2 aromatic carbocycles. The summed E-state index contributed by atoms with van der Waals surface area (Å²) in [5, 5.41) is 4.01. The number of hydrogen-bond donors (Lipinski definition) is 0. The summed E-state index contributed by atoms with van der Waals surface area (Å²) in [5.41, 5.74) is 1.13. The molecule has 0 fully saturated rings. The average Bonchev–Trinajstić information content (AvgIpc) is 2.36. The molecule has 0 spiro atoms. The molecule has 4 heteroatoms. The van der Waals surface area contributed by atoms with Gasteiger partial charge in [-0.05, 0) is 23.3 Å². The Balaban J connectivity index is 2.17. The van der Waals surface area contributed by atoms with Crippen molar-refractivity contribution in [2.45, 2.75) is 0 Å². The number of hydrogen-bond acceptors (Lipinski definition) is 1. The highest BCUT2D eigenvalue weighted by molar-refractivity contribution is 5.79. The van der Waals surface area contributed by atoms with Gasteiger partial charge < -0.3 is 0 Å². The second kappa shape index (κ2) is 5.31. The molecule has 0 atom stereocenters. The Labute approximate surface area is 104 Å². The van der Waals surface area contributed by atoms with E-state index in [1.165, 1.54) is 35.2 Å². The van der Waals surface area contributed by atoms with Crippen LogP contribution in [0, 0.1) is 11.6 Å². The second-order valence-electron chi connectivity index (χ2n) is 3.68. The molecule has 0 aliphatic heterocycles. The third-order valence-electron chi connectivity index (χ3n) is 2.30.